The van der Waals surface area contributed by atoms with Crippen LogP contribution in [0, 0.1) is 6.92 Å². The maximum absolute atomic E-state index is 12.8. The number of benzene rings is 2. The number of nitrogens with one attached hydrogen (secondary N) is 2. The van der Waals surface area contributed by atoms with Gasteiger partial charge >= 0.3 is 0 Å². The van der Waals surface area contributed by atoms with Crippen molar-refractivity contribution in [2.75, 3.05) is 17.2 Å². The van der Waals surface area contributed by atoms with E-state index in [1.54, 1.807) is 28.8 Å². The van der Waals surface area contributed by atoms with E-state index in [9.17, 15) is 4.79 Å². The van der Waals surface area contributed by atoms with E-state index in [1.807, 2.05) is 49.4 Å². The average Bonchev–Trinajstić information content (AvgIpc) is 3.49. The van der Waals surface area contributed by atoms with E-state index in [-0.39, 0.29) is 5.91 Å². The number of hydrogen-bond donors (Lipinski definition) is 2. The van der Waals surface area contributed by atoms with Crippen LogP contribution in [-0.2, 0) is 6.54 Å². The first-order valence-electron chi connectivity index (χ1n) is 10.5. The van der Waals surface area contributed by atoms with E-state index in [0.717, 1.165) is 27.0 Å². The quantitative estimate of drug-likeness (QED) is 0.372. The van der Waals surface area contributed by atoms with Crippen molar-refractivity contribution in [3.05, 3.63) is 83.9 Å². The van der Waals surface area contributed by atoms with Gasteiger partial charge in [-0.25, -0.2) is 9.97 Å². The predicted molar refractivity (Wildman–Crippen MR) is 130 cm³/mol. The Kier molecular flexibility index (Phi) is 5.77. The molecule has 0 aliphatic rings. The van der Waals surface area contributed by atoms with E-state index in [1.165, 1.54) is 11.3 Å². The molecule has 5 aromatic rings. The highest BCUT2D eigenvalue weighted by Crippen LogP contribution is 2.28. The van der Waals surface area contributed by atoms with Crippen LogP contribution in [0.4, 0.5) is 11.5 Å². The van der Waals surface area contributed by atoms with Crippen molar-refractivity contribution < 1.29 is 4.79 Å². The maximum atomic E-state index is 12.8. The molecule has 0 unspecified atom stereocenters. The molecule has 33 heavy (non-hydrogen) atoms. The van der Waals surface area contributed by atoms with Crippen molar-refractivity contribution in [2.45, 2.75) is 13.5 Å². The molecular formula is C24H21N7OS. The second-order valence-corrected chi connectivity index (χ2v) is 8.37. The number of para-hydroxylation sites is 2. The van der Waals surface area contributed by atoms with E-state index < -0.39 is 0 Å². The highest BCUT2D eigenvalue weighted by atomic mass is 32.1. The van der Waals surface area contributed by atoms with E-state index in [0.29, 0.717) is 30.3 Å². The Morgan fingerprint density at radius 2 is 1.94 bits per heavy atom. The SMILES string of the molecule is Cc1cccc(-c2scnc2C(=O)Nc2cnn(CCNc3cnc4ccccc4n3)c2)c1. The third-order valence-electron chi connectivity index (χ3n) is 5.05. The molecule has 3 aromatic heterocycles. The molecule has 164 valence electrons. The third-order valence-corrected chi connectivity index (χ3v) is 5.93. The molecule has 1 amide bonds. The lowest BCUT2D eigenvalue weighted by Gasteiger charge is -2.06. The van der Waals surface area contributed by atoms with Gasteiger partial charge in [0.2, 0.25) is 0 Å². The zero-order valence-electron chi connectivity index (χ0n) is 17.9. The first kappa shape index (κ1) is 20.8. The molecule has 0 aliphatic carbocycles. The van der Waals surface area contributed by atoms with Crippen molar-refractivity contribution in [2.24, 2.45) is 0 Å². The van der Waals surface area contributed by atoms with Crippen LogP contribution in [0.1, 0.15) is 16.1 Å². The van der Waals surface area contributed by atoms with Gasteiger partial charge in [0.15, 0.2) is 0 Å². The van der Waals surface area contributed by atoms with Crippen LogP contribution in [0.15, 0.2) is 72.6 Å². The number of amides is 1. The summed E-state index contributed by atoms with van der Waals surface area (Å²) >= 11 is 1.45. The summed E-state index contributed by atoms with van der Waals surface area (Å²) in [5.41, 5.74) is 6.55. The van der Waals surface area contributed by atoms with Gasteiger partial charge in [-0.2, -0.15) is 5.10 Å². The standard InChI is InChI=1S/C24H21N7OS/c1-16-5-4-6-17(11-16)23-22(27-15-33-23)24(32)29-18-12-28-31(14-18)10-9-25-21-13-26-19-7-2-3-8-20(19)30-21/h2-8,11-15H,9-10H2,1H3,(H,25,30)(H,29,32). The molecule has 0 spiro atoms. The van der Waals surface area contributed by atoms with Gasteiger partial charge in [-0.15, -0.1) is 11.3 Å². The summed E-state index contributed by atoms with van der Waals surface area (Å²) < 4.78 is 1.76. The fourth-order valence-electron chi connectivity index (χ4n) is 3.48. The molecule has 5 rings (SSSR count). The minimum atomic E-state index is -0.253. The molecule has 2 aromatic carbocycles. The number of fused-ring (bicyclic) bond motifs is 1. The number of aryl methyl sites for hydroxylation is 1. The highest BCUT2D eigenvalue weighted by Gasteiger charge is 2.17. The lowest BCUT2D eigenvalue weighted by atomic mass is 10.1. The number of carbonyl (C=O) groups excluding carboxylic acids is 1. The van der Waals surface area contributed by atoms with Crippen LogP contribution in [0.2, 0.25) is 0 Å². The summed E-state index contributed by atoms with van der Waals surface area (Å²) in [7, 11) is 0. The first-order valence-corrected chi connectivity index (χ1v) is 11.3. The van der Waals surface area contributed by atoms with Gasteiger partial charge in [-0.3, -0.25) is 14.5 Å². The fourth-order valence-corrected chi connectivity index (χ4v) is 4.26. The summed E-state index contributed by atoms with van der Waals surface area (Å²) in [6.45, 7) is 3.25. The molecule has 9 heteroatoms. The van der Waals surface area contributed by atoms with Gasteiger partial charge in [0.1, 0.15) is 11.5 Å². The number of anilines is 2. The molecular weight excluding hydrogens is 434 g/mol. The molecule has 3 heterocycles. The summed E-state index contributed by atoms with van der Waals surface area (Å²) in [5, 5.41) is 10.5. The molecule has 0 saturated heterocycles. The van der Waals surface area contributed by atoms with Crippen molar-refractivity contribution in [3.8, 4) is 10.4 Å². The zero-order chi connectivity index (χ0) is 22.6. The highest BCUT2D eigenvalue weighted by molar-refractivity contribution is 7.13. The Bertz CT molecular complexity index is 1430. The van der Waals surface area contributed by atoms with Gasteiger partial charge in [0, 0.05) is 12.7 Å². The normalized spacial score (nSPS) is 10.9. The minimum Gasteiger partial charge on any atom is -0.367 e. The molecule has 0 fully saturated rings. The second kappa shape index (κ2) is 9.17. The Labute approximate surface area is 194 Å². The van der Waals surface area contributed by atoms with Crippen molar-refractivity contribution in [3.63, 3.8) is 0 Å². The van der Waals surface area contributed by atoms with Gasteiger partial charge in [-0.05, 0) is 24.6 Å². The van der Waals surface area contributed by atoms with Gasteiger partial charge in [-0.1, -0.05) is 42.0 Å². The zero-order valence-corrected chi connectivity index (χ0v) is 18.7. The van der Waals surface area contributed by atoms with E-state index in [2.05, 4.69) is 36.8 Å². The van der Waals surface area contributed by atoms with Crippen LogP contribution in [0.25, 0.3) is 21.5 Å². The molecule has 0 bridgehead atoms. The first-order chi connectivity index (χ1) is 16.2. The fraction of sp³-hybridized carbons (Fsp3) is 0.125. The second-order valence-electron chi connectivity index (χ2n) is 7.52. The van der Waals surface area contributed by atoms with Gasteiger partial charge < -0.3 is 10.6 Å². The summed E-state index contributed by atoms with van der Waals surface area (Å²) in [5.74, 6) is 0.457. The molecule has 0 aliphatic heterocycles. The third kappa shape index (κ3) is 4.73. The van der Waals surface area contributed by atoms with E-state index >= 15 is 0 Å². The molecule has 0 radical (unpaired) electrons. The number of carbonyl (C=O) groups is 1. The molecule has 0 saturated carbocycles. The Morgan fingerprint density at radius 3 is 2.82 bits per heavy atom. The Hall–Kier alpha value is -4.11. The van der Waals surface area contributed by atoms with E-state index in [4.69, 9.17) is 0 Å². The molecule has 8 nitrogen and oxygen atoms in total. The molecule has 0 atom stereocenters. The van der Waals surface area contributed by atoms with Crippen molar-refractivity contribution in [1.29, 1.82) is 0 Å². The van der Waals surface area contributed by atoms with Gasteiger partial charge in [0.25, 0.3) is 5.91 Å². The van der Waals surface area contributed by atoms with Crippen LogP contribution in [-0.4, -0.2) is 37.2 Å². The smallest absolute Gasteiger partial charge is 0.275 e. The van der Waals surface area contributed by atoms with Crippen LogP contribution in [0.3, 0.4) is 0 Å². The Balaban J connectivity index is 1.20. The number of thiazole rings is 1. The molecule has 2 N–H and O–H groups in total. The summed E-state index contributed by atoms with van der Waals surface area (Å²) in [4.78, 5) is 26.9. The lowest BCUT2D eigenvalue weighted by Crippen LogP contribution is -2.13. The maximum Gasteiger partial charge on any atom is 0.275 e. The monoisotopic (exact) mass is 455 g/mol. The van der Waals surface area contributed by atoms with Crippen LogP contribution >= 0.6 is 11.3 Å². The Morgan fingerprint density at radius 1 is 1.06 bits per heavy atom. The minimum absolute atomic E-state index is 0.253. The predicted octanol–water partition coefficient (Wildman–Crippen LogP) is 4.62. The number of nitrogens with zero attached hydrogens (tertiary/aromatic N) is 5. The summed E-state index contributed by atoms with van der Waals surface area (Å²) in [6, 6.07) is 15.8. The van der Waals surface area contributed by atoms with Crippen molar-refractivity contribution >= 4 is 39.8 Å². The number of rotatable bonds is 7. The number of aromatic nitrogens is 5. The van der Waals surface area contributed by atoms with Crippen LogP contribution < -0.4 is 10.6 Å². The topological polar surface area (TPSA) is 97.6 Å². The van der Waals surface area contributed by atoms with Crippen molar-refractivity contribution in [1.82, 2.24) is 24.7 Å². The number of hydrogen-bond acceptors (Lipinski definition) is 7. The average molecular weight is 456 g/mol. The largest absolute Gasteiger partial charge is 0.367 e. The van der Waals surface area contributed by atoms with Gasteiger partial charge in [0.05, 0.1) is 46.0 Å². The van der Waals surface area contributed by atoms with Crippen LogP contribution in [0.5, 0.6) is 0 Å². The summed E-state index contributed by atoms with van der Waals surface area (Å²) in [6.07, 6.45) is 5.15. The lowest BCUT2D eigenvalue weighted by molar-refractivity contribution is 0.102.